The highest BCUT2D eigenvalue weighted by molar-refractivity contribution is 8.03. The van der Waals surface area contributed by atoms with Crippen LogP contribution in [0.5, 0.6) is 0 Å². The molecule has 0 aliphatic carbocycles. The van der Waals surface area contributed by atoms with E-state index in [9.17, 15) is 17.6 Å². The van der Waals surface area contributed by atoms with Crippen LogP contribution >= 0.6 is 34.9 Å². The van der Waals surface area contributed by atoms with Crippen molar-refractivity contribution in [3.05, 3.63) is 23.5 Å². The van der Waals surface area contributed by atoms with E-state index in [2.05, 4.69) is 15.2 Å². The van der Waals surface area contributed by atoms with Crippen LogP contribution in [0.1, 0.15) is 0 Å². The molecule has 0 aliphatic heterocycles. The molecule has 2 rings (SSSR count). The minimum atomic E-state index is -1.69. The zero-order valence-electron chi connectivity index (χ0n) is 8.58. The third-order valence-corrected chi connectivity index (χ3v) is 4.72. The average molecular weight is 313 g/mol. The zero-order valence-corrected chi connectivity index (χ0v) is 11.0. The van der Waals surface area contributed by atoms with Crippen molar-refractivity contribution in [1.82, 2.24) is 15.2 Å². The predicted molar refractivity (Wildman–Crippen MR) is 59.9 cm³/mol. The fourth-order valence-corrected chi connectivity index (χ4v) is 3.39. The van der Waals surface area contributed by atoms with E-state index in [1.54, 1.807) is 6.26 Å². The first-order valence-corrected chi connectivity index (χ1v) is 7.14. The van der Waals surface area contributed by atoms with Crippen molar-refractivity contribution in [2.45, 2.75) is 13.6 Å². The Bertz CT molecular complexity index is 563. The second-order valence-electron chi connectivity index (χ2n) is 2.79. The molecular weight excluding hydrogens is 310 g/mol. The lowest BCUT2D eigenvalue weighted by atomic mass is 10.4. The van der Waals surface area contributed by atoms with Gasteiger partial charge in [0.1, 0.15) is 0 Å². The second kappa shape index (κ2) is 5.41. The number of halogens is 4. The molecule has 0 bridgehead atoms. The maximum Gasteiger partial charge on any atom is 0.252 e. The number of hydrogen-bond donors (Lipinski definition) is 0. The van der Waals surface area contributed by atoms with Gasteiger partial charge in [-0.25, -0.2) is 8.78 Å². The van der Waals surface area contributed by atoms with E-state index < -0.39 is 28.4 Å². The molecule has 0 amide bonds. The summed E-state index contributed by atoms with van der Waals surface area (Å²) in [6.07, 6.45) is 1.75. The maximum absolute atomic E-state index is 13.3. The van der Waals surface area contributed by atoms with Gasteiger partial charge in [0.15, 0.2) is 20.3 Å². The Morgan fingerprint density at radius 2 is 1.50 bits per heavy atom. The number of hydrogen-bond acceptors (Lipinski definition) is 6. The lowest BCUT2D eigenvalue weighted by molar-refractivity contribution is 0.383. The molecule has 2 aromatic rings. The zero-order chi connectivity index (χ0) is 13.3. The third-order valence-electron chi connectivity index (χ3n) is 1.71. The molecule has 18 heavy (non-hydrogen) atoms. The van der Waals surface area contributed by atoms with Crippen LogP contribution in [0, 0.1) is 23.5 Å². The van der Waals surface area contributed by atoms with Gasteiger partial charge in [0.2, 0.25) is 0 Å². The monoisotopic (exact) mass is 313 g/mol. The highest BCUT2D eigenvalue weighted by Gasteiger charge is 2.22. The Morgan fingerprint density at radius 3 is 2.00 bits per heavy atom. The molecule has 2 aromatic heterocycles. The summed E-state index contributed by atoms with van der Waals surface area (Å²) in [4.78, 5) is 1.65. The molecule has 96 valence electrons. The summed E-state index contributed by atoms with van der Waals surface area (Å²) in [6, 6.07) is 0. The van der Waals surface area contributed by atoms with Crippen LogP contribution in [0.15, 0.2) is 13.6 Å². The number of rotatable bonds is 3. The van der Waals surface area contributed by atoms with Crippen LogP contribution in [-0.2, 0) is 0 Å². The number of nitrogens with zero attached hydrogens (tertiary/aromatic N) is 3. The van der Waals surface area contributed by atoms with Gasteiger partial charge in [0.25, 0.3) is 11.9 Å². The van der Waals surface area contributed by atoms with Gasteiger partial charge >= 0.3 is 0 Å². The van der Waals surface area contributed by atoms with E-state index in [1.807, 2.05) is 0 Å². The van der Waals surface area contributed by atoms with Gasteiger partial charge in [-0.2, -0.15) is 13.8 Å². The predicted octanol–water partition coefficient (Wildman–Crippen LogP) is 3.36. The van der Waals surface area contributed by atoms with Gasteiger partial charge in [0.05, 0.1) is 4.90 Å². The summed E-state index contributed by atoms with van der Waals surface area (Å²) in [5.41, 5.74) is 0. The molecule has 0 fully saturated rings. The van der Waals surface area contributed by atoms with Gasteiger partial charge in [-0.1, -0.05) is 34.9 Å². The van der Waals surface area contributed by atoms with E-state index in [0.29, 0.717) is 16.1 Å². The molecule has 3 nitrogen and oxygen atoms in total. The van der Waals surface area contributed by atoms with Gasteiger partial charge in [-0.05, 0) is 6.26 Å². The van der Waals surface area contributed by atoms with E-state index in [0.717, 1.165) is 11.3 Å². The Balaban J connectivity index is 2.39. The molecule has 0 aromatic carbocycles. The fraction of sp³-hybridized carbons (Fsp3) is 0.125. The van der Waals surface area contributed by atoms with E-state index in [-0.39, 0.29) is 4.34 Å². The molecular formula is C8H3F4N3S3. The molecule has 0 atom stereocenters. The molecule has 0 aliphatic rings. The molecule has 0 N–H and O–H groups in total. The smallest absolute Gasteiger partial charge is 0.201 e. The SMILES string of the molecule is CSc1nnc(Sc2c(F)c(F)nc(F)c2F)s1. The first kappa shape index (κ1) is 13.6. The van der Waals surface area contributed by atoms with Crippen LogP contribution in [0.4, 0.5) is 17.6 Å². The molecule has 0 unspecified atom stereocenters. The molecule has 0 spiro atoms. The summed E-state index contributed by atoms with van der Waals surface area (Å²) < 4.78 is 53.1. The van der Waals surface area contributed by atoms with Crippen molar-refractivity contribution in [2.75, 3.05) is 6.26 Å². The Morgan fingerprint density at radius 1 is 0.944 bits per heavy atom. The standard InChI is InChI=1S/C8H3F4N3S3/c1-16-7-14-15-8(18-7)17-4-2(9)5(11)13-6(12)3(4)10/h1H3. The van der Waals surface area contributed by atoms with Crippen molar-refractivity contribution < 1.29 is 17.6 Å². The van der Waals surface area contributed by atoms with Gasteiger partial charge < -0.3 is 0 Å². The highest BCUT2D eigenvalue weighted by atomic mass is 32.2. The van der Waals surface area contributed by atoms with Crippen LogP contribution in [0.3, 0.4) is 0 Å². The minimum Gasteiger partial charge on any atom is -0.201 e. The normalized spacial score (nSPS) is 10.9. The molecule has 0 radical (unpaired) electrons. The molecule has 0 saturated heterocycles. The number of pyridine rings is 1. The number of aromatic nitrogens is 3. The van der Waals surface area contributed by atoms with Crippen molar-refractivity contribution in [3.63, 3.8) is 0 Å². The summed E-state index contributed by atoms with van der Waals surface area (Å²) in [5, 5.41) is 7.33. The quantitative estimate of drug-likeness (QED) is 0.493. The summed E-state index contributed by atoms with van der Waals surface area (Å²) in [6.45, 7) is 0. The van der Waals surface area contributed by atoms with E-state index in [4.69, 9.17) is 0 Å². The lowest BCUT2D eigenvalue weighted by Gasteiger charge is -2.02. The molecule has 2 heterocycles. The van der Waals surface area contributed by atoms with Crippen molar-refractivity contribution >= 4 is 34.9 Å². The Hall–Kier alpha value is -0.870. The van der Waals surface area contributed by atoms with E-state index in [1.165, 1.54) is 11.8 Å². The number of thioether (sulfide) groups is 1. The van der Waals surface area contributed by atoms with Crippen molar-refractivity contribution in [1.29, 1.82) is 0 Å². The molecule has 10 heteroatoms. The van der Waals surface area contributed by atoms with Crippen LogP contribution in [0.2, 0.25) is 0 Å². The van der Waals surface area contributed by atoms with Crippen LogP contribution in [0.25, 0.3) is 0 Å². The second-order valence-corrected chi connectivity index (χ2v) is 6.08. The Labute approximate surface area is 111 Å². The summed E-state index contributed by atoms with van der Waals surface area (Å²) >= 11 is 2.83. The first-order valence-electron chi connectivity index (χ1n) is 4.28. The van der Waals surface area contributed by atoms with Crippen molar-refractivity contribution in [3.8, 4) is 0 Å². The minimum absolute atomic E-state index is 0.183. The average Bonchev–Trinajstić information content (AvgIpc) is 2.80. The van der Waals surface area contributed by atoms with E-state index >= 15 is 0 Å². The summed E-state index contributed by atoms with van der Waals surface area (Å²) in [5.74, 6) is -6.46. The van der Waals surface area contributed by atoms with Crippen LogP contribution in [-0.4, -0.2) is 21.4 Å². The lowest BCUT2D eigenvalue weighted by Crippen LogP contribution is -2.01. The third kappa shape index (κ3) is 2.59. The van der Waals surface area contributed by atoms with Crippen LogP contribution < -0.4 is 0 Å². The van der Waals surface area contributed by atoms with Crippen molar-refractivity contribution in [2.24, 2.45) is 0 Å². The largest absolute Gasteiger partial charge is 0.252 e. The highest BCUT2D eigenvalue weighted by Crippen LogP contribution is 2.36. The summed E-state index contributed by atoms with van der Waals surface area (Å²) in [7, 11) is 0. The maximum atomic E-state index is 13.3. The van der Waals surface area contributed by atoms with Gasteiger partial charge in [-0.3, -0.25) is 0 Å². The fourth-order valence-electron chi connectivity index (χ4n) is 0.966. The topological polar surface area (TPSA) is 38.7 Å². The first-order chi connectivity index (χ1) is 8.52. The Kier molecular flexibility index (Phi) is 4.07. The van der Waals surface area contributed by atoms with Gasteiger partial charge in [0, 0.05) is 0 Å². The molecule has 0 saturated carbocycles. The van der Waals surface area contributed by atoms with Gasteiger partial charge in [-0.15, -0.1) is 10.2 Å².